The van der Waals surface area contributed by atoms with Crippen LogP contribution in [0.25, 0.3) is 22.3 Å². The van der Waals surface area contributed by atoms with Crippen LogP contribution in [0.1, 0.15) is 36.9 Å². The third-order valence-corrected chi connectivity index (χ3v) is 7.88. The summed E-state index contributed by atoms with van der Waals surface area (Å²) >= 11 is 0. The van der Waals surface area contributed by atoms with Crippen LogP contribution in [0.4, 0.5) is 39.5 Å². The van der Waals surface area contributed by atoms with Gasteiger partial charge < -0.3 is 21.3 Å². The second kappa shape index (κ2) is 11.4. The van der Waals surface area contributed by atoms with Gasteiger partial charge in [-0.2, -0.15) is 18.3 Å². The number of aromatic nitrogens is 4. The van der Waals surface area contributed by atoms with Crippen molar-refractivity contribution in [2.24, 2.45) is 0 Å². The number of nitrogen functional groups attached to an aromatic ring is 1. The molecule has 2 aromatic heterocycles. The largest absolute Gasteiger partial charge is 0.416 e. The highest BCUT2D eigenvalue weighted by Gasteiger charge is 2.34. The van der Waals surface area contributed by atoms with E-state index in [4.69, 9.17) is 5.73 Å². The van der Waals surface area contributed by atoms with Crippen LogP contribution in [0, 0.1) is 5.82 Å². The summed E-state index contributed by atoms with van der Waals surface area (Å²) in [5.41, 5.74) is 6.59. The van der Waals surface area contributed by atoms with Crippen LogP contribution in [0.3, 0.4) is 0 Å². The molecule has 10 nitrogen and oxygen atoms in total. The predicted molar refractivity (Wildman–Crippen MR) is 155 cm³/mol. The zero-order chi connectivity index (χ0) is 30.3. The van der Waals surface area contributed by atoms with Crippen molar-refractivity contribution in [2.45, 2.75) is 38.5 Å². The molecule has 2 aliphatic rings. The molecule has 1 saturated carbocycles. The standard InChI is InChI=1S/C29H31F4N9O/c1-2-40-9-11-41(12-10-40)15-18-3-5-19(14-21(18)29(31,32)33)37-28(43)38-23-8-4-17(13-22(23)30)25-24-26(34)35-16-36-27(24)42(39-25)20-6-7-20/h3-5,8,13-14,16,20H,2,6-7,9-12,15H2,1H3,(H2,34,35,36)(H2,37,38,43). The lowest BCUT2D eigenvalue weighted by atomic mass is 10.0. The third-order valence-electron chi connectivity index (χ3n) is 7.88. The highest BCUT2D eigenvalue weighted by molar-refractivity contribution is 6.01. The van der Waals surface area contributed by atoms with Crippen molar-refractivity contribution < 1.29 is 22.4 Å². The van der Waals surface area contributed by atoms with Crippen molar-refractivity contribution in [2.75, 3.05) is 49.1 Å². The topological polar surface area (TPSA) is 117 Å². The molecule has 0 radical (unpaired) electrons. The van der Waals surface area contributed by atoms with Crippen LogP contribution in [-0.2, 0) is 12.7 Å². The summed E-state index contributed by atoms with van der Waals surface area (Å²) in [5.74, 6) is -0.538. The molecule has 0 spiro atoms. The first-order valence-corrected chi connectivity index (χ1v) is 14.1. The fourth-order valence-corrected chi connectivity index (χ4v) is 5.38. The Bertz CT molecular complexity index is 1660. The van der Waals surface area contributed by atoms with Gasteiger partial charge in [-0.25, -0.2) is 23.8 Å². The Labute approximate surface area is 244 Å². The number of fused-ring (bicyclic) bond motifs is 1. The van der Waals surface area contributed by atoms with Crippen molar-refractivity contribution in [3.63, 3.8) is 0 Å². The SMILES string of the molecule is CCN1CCN(Cc2ccc(NC(=O)Nc3ccc(-c4nn(C5CC5)c5ncnc(N)c45)cc3F)cc2C(F)(F)F)CC1. The quantitative estimate of drug-likeness (QED) is 0.246. The molecule has 0 bridgehead atoms. The molecule has 1 saturated heterocycles. The first-order valence-electron chi connectivity index (χ1n) is 14.1. The lowest BCUT2D eigenvalue weighted by Crippen LogP contribution is -2.45. The van der Waals surface area contributed by atoms with E-state index in [2.05, 4.69) is 37.5 Å². The van der Waals surface area contributed by atoms with Crippen LogP contribution in [0.5, 0.6) is 0 Å². The minimum atomic E-state index is -4.61. The minimum Gasteiger partial charge on any atom is -0.383 e. The van der Waals surface area contributed by atoms with Crippen LogP contribution in [0.2, 0.25) is 0 Å². The number of carbonyl (C=O) groups is 1. The van der Waals surface area contributed by atoms with Gasteiger partial charge >= 0.3 is 12.2 Å². The molecular formula is C29H31F4N9O. The van der Waals surface area contributed by atoms with Gasteiger partial charge in [0.25, 0.3) is 0 Å². The molecule has 0 unspecified atom stereocenters. The van der Waals surface area contributed by atoms with Gasteiger partial charge in [0.15, 0.2) is 5.65 Å². The molecule has 2 aromatic carbocycles. The maximum atomic E-state index is 15.2. The Balaban J connectivity index is 1.17. The highest BCUT2D eigenvalue weighted by Crippen LogP contribution is 2.40. The summed E-state index contributed by atoms with van der Waals surface area (Å²) in [6.45, 7) is 6.08. The number of hydrogen-bond donors (Lipinski definition) is 3. The van der Waals surface area contributed by atoms with E-state index >= 15 is 4.39 Å². The number of urea groups is 1. The summed E-state index contributed by atoms with van der Waals surface area (Å²) in [4.78, 5) is 25.3. The number of nitrogens with two attached hydrogens (primary N) is 1. The van der Waals surface area contributed by atoms with Gasteiger partial charge in [-0.1, -0.05) is 19.1 Å². The van der Waals surface area contributed by atoms with Gasteiger partial charge in [-0.3, -0.25) is 4.90 Å². The van der Waals surface area contributed by atoms with E-state index in [9.17, 15) is 18.0 Å². The number of benzene rings is 2. The Morgan fingerprint density at radius 3 is 2.44 bits per heavy atom. The van der Waals surface area contributed by atoms with E-state index < -0.39 is 23.6 Å². The van der Waals surface area contributed by atoms with Gasteiger partial charge in [0.2, 0.25) is 0 Å². The molecular weight excluding hydrogens is 566 g/mol. The Hall–Kier alpha value is -4.30. The molecule has 0 atom stereocenters. The predicted octanol–water partition coefficient (Wildman–Crippen LogP) is 5.35. The van der Waals surface area contributed by atoms with Gasteiger partial charge in [0.05, 0.1) is 22.7 Å². The number of nitrogens with zero attached hydrogens (tertiary/aromatic N) is 6. The average Bonchev–Trinajstić information content (AvgIpc) is 3.74. The highest BCUT2D eigenvalue weighted by atomic mass is 19.4. The van der Waals surface area contributed by atoms with Gasteiger partial charge in [-0.05, 0) is 49.2 Å². The zero-order valence-electron chi connectivity index (χ0n) is 23.5. The van der Waals surface area contributed by atoms with Gasteiger partial charge in [0.1, 0.15) is 23.7 Å². The Morgan fingerprint density at radius 1 is 1.02 bits per heavy atom. The van der Waals surface area contributed by atoms with E-state index in [0.29, 0.717) is 35.4 Å². The fourth-order valence-electron chi connectivity index (χ4n) is 5.38. The summed E-state index contributed by atoms with van der Waals surface area (Å²) in [7, 11) is 0. The van der Waals surface area contributed by atoms with E-state index in [1.54, 1.807) is 10.7 Å². The number of piperazine rings is 1. The molecule has 226 valence electrons. The Kier molecular flexibility index (Phi) is 7.65. The first-order chi connectivity index (χ1) is 20.6. The molecule has 3 heterocycles. The monoisotopic (exact) mass is 597 g/mol. The zero-order valence-corrected chi connectivity index (χ0v) is 23.5. The van der Waals surface area contributed by atoms with Crippen molar-refractivity contribution in [3.8, 4) is 11.3 Å². The lowest BCUT2D eigenvalue weighted by Gasteiger charge is -2.34. The molecule has 1 aliphatic heterocycles. The maximum absolute atomic E-state index is 15.2. The van der Waals surface area contributed by atoms with E-state index in [0.717, 1.165) is 38.5 Å². The average molecular weight is 598 g/mol. The number of rotatable bonds is 7. The van der Waals surface area contributed by atoms with Crippen LogP contribution >= 0.6 is 0 Å². The molecule has 2 fully saturated rings. The van der Waals surface area contributed by atoms with E-state index in [1.807, 2.05) is 4.90 Å². The molecule has 1 aliphatic carbocycles. The smallest absolute Gasteiger partial charge is 0.383 e. The number of hydrogen-bond acceptors (Lipinski definition) is 7. The number of halogens is 4. The summed E-state index contributed by atoms with van der Waals surface area (Å²) in [5, 5.41) is 9.90. The van der Waals surface area contributed by atoms with E-state index in [1.165, 1.54) is 30.6 Å². The van der Waals surface area contributed by atoms with Crippen molar-refractivity contribution in [1.82, 2.24) is 29.5 Å². The molecule has 4 N–H and O–H groups in total. The van der Waals surface area contributed by atoms with Gasteiger partial charge in [-0.15, -0.1) is 0 Å². The van der Waals surface area contributed by atoms with Gasteiger partial charge in [0, 0.05) is 44.0 Å². The Morgan fingerprint density at radius 2 is 1.77 bits per heavy atom. The maximum Gasteiger partial charge on any atom is 0.416 e. The van der Waals surface area contributed by atoms with Crippen LogP contribution in [-0.4, -0.2) is 68.3 Å². The number of nitrogens with one attached hydrogen (secondary N) is 2. The number of carbonyl (C=O) groups excluding carboxylic acids is 1. The minimum absolute atomic E-state index is 0.0611. The second-order valence-corrected chi connectivity index (χ2v) is 10.8. The second-order valence-electron chi connectivity index (χ2n) is 10.8. The summed E-state index contributed by atoms with van der Waals surface area (Å²) in [6, 6.07) is 7.14. The number of anilines is 3. The number of alkyl halides is 3. The molecule has 2 amide bonds. The molecule has 4 aromatic rings. The third kappa shape index (κ3) is 6.11. The van der Waals surface area contributed by atoms with Crippen molar-refractivity contribution >= 4 is 34.3 Å². The molecule has 14 heteroatoms. The lowest BCUT2D eigenvalue weighted by molar-refractivity contribution is -0.138. The number of amides is 2. The molecule has 43 heavy (non-hydrogen) atoms. The normalized spacial score (nSPS) is 16.5. The molecule has 6 rings (SSSR count). The van der Waals surface area contributed by atoms with Crippen molar-refractivity contribution in [1.29, 1.82) is 0 Å². The van der Waals surface area contributed by atoms with Crippen LogP contribution < -0.4 is 16.4 Å². The van der Waals surface area contributed by atoms with Crippen molar-refractivity contribution in [3.05, 3.63) is 59.7 Å². The van der Waals surface area contributed by atoms with Crippen LogP contribution in [0.15, 0.2) is 42.7 Å². The van der Waals surface area contributed by atoms with E-state index in [-0.39, 0.29) is 35.3 Å². The first kappa shape index (κ1) is 28.8. The number of likely N-dealkylation sites (N-methyl/N-ethyl adjacent to an activating group) is 1. The summed E-state index contributed by atoms with van der Waals surface area (Å²) in [6.07, 6.45) is -1.35. The fraction of sp³-hybridized carbons (Fsp3) is 0.379. The summed E-state index contributed by atoms with van der Waals surface area (Å²) < 4.78 is 58.8.